The van der Waals surface area contributed by atoms with Crippen molar-refractivity contribution in [2.75, 3.05) is 13.7 Å². The molecule has 0 saturated carbocycles. The lowest BCUT2D eigenvalue weighted by Crippen LogP contribution is -2.47. The molecule has 0 aromatic rings. The van der Waals surface area contributed by atoms with Gasteiger partial charge in [0, 0.05) is 19.1 Å². The minimum absolute atomic E-state index is 0.194. The Hall–Kier alpha value is -0.570. The zero-order chi connectivity index (χ0) is 10.3. The summed E-state index contributed by atoms with van der Waals surface area (Å²) in [5.74, 6) is 0.194. The summed E-state index contributed by atoms with van der Waals surface area (Å²) in [7, 11) is 1.64. The molecule has 0 spiro atoms. The number of amides is 1. The highest BCUT2D eigenvalue weighted by molar-refractivity contribution is 5.84. The number of hydrogen-bond donors (Lipinski definition) is 0. The fourth-order valence-electron chi connectivity index (χ4n) is 1.59. The number of rotatable bonds is 2. The molecule has 0 atom stereocenters. The van der Waals surface area contributed by atoms with E-state index in [0.717, 1.165) is 13.0 Å². The smallest absolute Gasteiger partial charge is 0.230 e. The van der Waals surface area contributed by atoms with Crippen molar-refractivity contribution < 1.29 is 9.53 Å². The van der Waals surface area contributed by atoms with Gasteiger partial charge in [-0.25, -0.2) is 0 Å². The largest absolute Gasteiger partial charge is 0.359 e. The van der Waals surface area contributed by atoms with E-state index in [9.17, 15) is 4.79 Å². The lowest BCUT2D eigenvalue weighted by atomic mass is 9.92. The number of carbonyl (C=O) groups excluding carboxylic acids is 1. The van der Waals surface area contributed by atoms with Crippen LogP contribution in [0, 0.1) is 5.41 Å². The molecule has 0 bridgehead atoms. The second kappa shape index (κ2) is 2.98. The predicted octanol–water partition coefficient (Wildman–Crippen LogP) is 1.63. The van der Waals surface area contributed by atoms with Gasteiger partial charge in [-0.05, 0) is 20.3 Å². The minimum atomic E-state index is -0.467. The van der Waals surface area contributed by atoms with E-state index in [1.807, 2.05) is 32.6 Å². The van der Waals surface area contributed by atoms with Gasteiger partial charge >= 0.3 is 0 Å². The molecule has 0 radical (unpaired) electrons. The minimum Gasteiger partial charge on any atom is -0.359 e. The van der Waals surface area contributed by atoms with Gasteiger partial charge < -0.3 is 9.64 Å². The summed E-state index contributed by atoms with van der Waals surface area (Å²) >= 11 is 0. The van der Waals surface area contributed by atoms with Crippen LogP contribution in [0.15, 0.2) is 0 Å². The molecule has 1 saturated heterocycles. The van der Waals surface area contributed by atoms with E-state index in [1.54, 1.807) is 7.11 Å². The molecule has 13 heavy (non-hydrogen) atoms. The lowest BCUT2D eigenvalue weighted by Gasteiger charge is -2.35. The number of likely N-dealkylation sites (tertiary alicyclic amines) is 1. The lowest BCUT2D eigenvalue weighted by molar-refractivity contribution is -0.158. The average Bonchev–Trinajstić information content (AvgIpc) is 2.28. The molecule has 0 aromatic carbocycles. The van der Waals surface area contributed by atoms with Gasteiger partial charge in [0.15, 0.2) is 0 Å². The van der Waals surface area contributed by atoms with Crippen molar-refractivity contribution in [3.05, 3.63) is 0 Å². The number of carbonyl (C=O) groups is 1. The number of nitrogens with zero attached hydrogens (tertiary/aromatic N) is 1. The van der Waals surface area contributed by atoms with Crippen molar-refractivity contribution in [3.63, 3.8) is 0 Å². The highest BCUT2D eigenvalue weighted by Gasteiger charge is 2.44. The van der Waals surface area contributed by atoms with Gasteiger partial charge in [-0.15, -0.1) is 0 Å². The fourth-order valence-corrected chi connectivity index (χ4v) is 1.59. The van der Waals surface area contributed by atoms with Crippen molar-refractivity contribution in [2.24, 2.45) is 5.41 Å². The third kappa shape index (κ3) is 1.70. The second-order valence-electron chi connectivity index (χ2n) is 4.74. The van der Waals surface area contributed by atoms with E-state index in [0.29, 0.717) is 0 Å². The van der Waals surface area contributed by atoms with E-state index in [1.165, 1.54) is 0 Å². The summed E-state index contributed by atoms with van der Waals surface area (Å²) < 4.78 is 5.29. The van der Waals surface area contributed by atoms with Crippen molar-refractivity contribution in [2.45, 2.75) is 39.8 Å². The maximum Gasteiger partial charge on any atom is 0.230 e. The molecule has 0 aromatic heterocycles. The topological polar surface area (TPSA) is 29.5 Å². The first kappa shape index (κ1) is 10.5. The van der Waals surface area contributed by atoms with Crippen molar-refractivity contribution in [3.8, 4) is 0 Å². The molecule has 0 aliphatic carbocycles. The summed E-state index contributed by atoms with van der Waals surface area (Å²) in [6.07, 6.45) is 0.915. The van der Waals surface area contributed by atoms with Gasteiger partial charge in [-0.2, -0.15) is 0 Å². The molecule has 76 valence electrons. The molecule has 1 rings (SSSR count). The van der Waals surface area contributed by atoms with Crippen LogP contribution in [0.25, 0.3) is 0 Å². The highest BCUT2D eigenvalue weighted by Crippen LogP contribution is 2.34. The zero-order valence-corrected chi connectivity index (χ0v) is 9.18. The van der Waals surface area contributed by atoms with Crippen LogP contribution in [-0.2, 0) is 9.53 Å². The molecule has 1 amide bonds. The highest BCUT2D eigenvalue weighted by atomic mass is 16.5. The van der Waals surface area contributed by atoms with Crippen LogP contribution in [0.1, 0.15) is 34.1 Å². The van der Waals surface area contributed by atoms with Crippen LogP contribution in [0.2, 0.25) is 0 Å². The molecular formula is C10H19NO2. The van der Waals surface area contributed by atoms with E-state index in [2.05, 4.69) is 0 Å². The monoisotopic (exact) mass is 185 g/mol. The molecule has 3 heteroatoms. The zero-order valence-electron chi connectivity index (χ0n) is 9.18. The van der Waals surface area contributed by atoms with E-state index in [4.69, 9.17) is 4.74 Å². The molecule has 1 aliphatic heterocycles. The summed E-state index contributed by atoms with van der Waals surface area (Å²) in [4.78, 5) is 13.7. The Labute approximate surface area is 80.1 Å². The van der Waals surface area contributed by atoms with Crippen LogP contribution in [0.4, 0.5) is 0 Å². The predicted molar refractivity (Wildman–Crippen MR) is 51.2 cm³/mol. The molecule has 1 fully saturated rings. The standard InChI is InChI=1S/C10H19NO2/c1-9(2)6-7-11(8(9)12)10(3,4)13-5/h6-7H2,1-5H3. The third-order valence-electron chi connectivity index (χ3n) is 2.93. The fraction of sp³-hybridized carbons (Fsp3) is 0.900. The van der Waals surface area contributed by atoms with Crippen molar-refractivity contribution in [1.29, 1.82) is 0 Å². The first-order chi connectivity index (χ1) is 5.81. The Balaban J connectivity index is 2.82. The first-order valence-corrected chi connectivity index (χ1v) is 4.68. The quantitative estimate of drug-likeness (QED) is 0.654. The Morgan fingerprint density at radius 3 is 2.31 bits per heavy atom. The molecule has 1 heterocycles. The Morgan fingerprint density at radius 1 is 1.46 bits per heavy atom. The second-order valence-corrected chi connectivity index (χ2v) is 4.74. The van der Waals surface area contributed by atoms with Crippen LogP contribution < -0.4 is 0 Å². The number of methoxy groups -OCH3 is 1. The Morgan fingerprint density at radius 2 is 2.00 bits per heavy atom. The van der Waals surface area contributed by atoms with Crippen molar-refractivity contribution in [1.82, 2.24) is 4.90 Å². The molecule has 0 N–H and O–H groups in total. The van der Waals surface area contributed by atoms with Gasteiger partial charge in [-0.3, -0.25) is 4.79 Å². The number of ether oxygens (including phenoxy) is 1. The van der Waals surface area contributed by atoms with E-state index in [-0.39, 0.29) is 11.3 Å². The summed E-state index contributed by atoms with van der Waals surface area (Å²) in [5, 5.41) is 0. The third-order valence-corrected chi connectivity index (χ3v) is 2.93. The summed E-state index contributed by atoms with van der Waals surface area (Å²) in [6, 6.07) is 0. The molecule has 3 nitrogen and oxygen atoms in total. The average molecular weight is 185 g/mol. The van der Waals surface area contributed by atoms with Crippen LogP contribution in [-0.4, -0.2) is 30.2 Å². The summed E-state index contributed by atoms with van der Waals surface area (Å²) in [6.45, 7) is 8.62. The molecule has 1 aliphatic rings. The van der Waals surface area contributed by atoms with Gasteiger partial charge in [0.1, 0.15) is 5.72 Å². The maximum absolute atomic E-state index is 11.9. The Bertz CT molecular complexity index is 221. The van der Waals surface area contributed by atoms with Crippen LogP contribution >= 0.6 is 0 Å². The van der Waals surface area contributed by atoms with Crippen molar-refractivity contribution >= 4 is 5.91 Å². The van der Waals surface area contributed by atoms with Crippen LogP contribution in [0.5, 0.6) is 0 Å². The van der Waals surface area contributed by atoms with Gasteiger partial charge in [0.05, 0.1) is 0 Å². The van der Waals surface area contributed by atoms with E-state index >= 15 is 0 Å². The first-order valence-electron chi connectivity index (χ1n) is 4.68. The normalized spacial score (nSPS) is 22.5. The SMILES string of the molecule is COC(C)(C)N1CCC(C)(C)C1=O. The molecular weight excluding hydrogens is 166 g/mol. The molecule has 0 unspecified atom stereocenters. The van der Waals surface area contributed by atoms with E-state index < -0.39 is 5.72 Å². The van der Waals surface area contributed by atoms with Gasteiger partial charge in [0.2, 0.25) is 5.91 Å². The van der Waals surface area contributed by atoms with Crippen LogP contribution in [0.3, 0.4) is 0 Å². The summed E-state index contributed by atoms with van der Waals surface area (Å²) in [5.41, 5.74) is -0.680. The Kier molecular flexibility index (Phi) is 2.41. The number of hydrogen-bond acceptors (Lipinski definition) is 2. The maximum atomic E-state index is 11.9. The van der Waals surface area contributed by atoms with Gasteiger partial charge in [0.25, 0.3) is 0 Å². The van der Waals surface area contributed by atoms with Gasteiger partial charge in [-0.1, -0.05) is 13.8 Å².